The lowest BCUT2D eigenvalue weighted by molar-refractivity contribution is -0.242. The minimum atomic E-state index is -4.58. The maximum Gasteiger partial charge on any atom is 0.500 e. The van der Waals surface area contributed by atoms with Crippen LogP contribution in [0.25, 0.3) is 0 Å². The lowest BCUT2D eigenvalue weighted by Crippen LogP contribution is -2.55. The van der Waals surface area contributed by atoms with Crippen LogP contribution in [0.3, 0.4) is 0 Å². The first-order valence-corrected chi connectivity index (χ1v) is 12.5. The summed E-state index contributed by atoms with van der Waals surface area (Å²) >= 11 is 6.89. The molecule has 0 radical (unpaired) electrons. The highest BCUT2D eigenvalue weighted by molar-refractivity contribution is 7.87. The number of carbonyl (C=O) groups excluding carboxylic acids is 1. The molecule has 2 aliphatic rings. The molecular formula is C19H18ClF4N5O3S2. The highest BCUT2D eigenvalue weighted by Gasteiger charge is 2.43. The van der Waals surface area contributed by atoms with Crippen LogP contribution in [-0.2, 0) is 15.0 Å². The lowest BCUT2D eigenvalue weighted by atomic mass is 10.0. The normalized spacial score (nSPS) is 25.0. The average Bonchev–Trinajstić information content (AvgIpc) is 3.42. The molecule has 2 aliphatic heterocycles. The maximum atomic E-state index is 13.4. The van der Waals surface area contributed by atoms with Gasteiger partial charge in [-0.15, -0.1) is 24.5 Å². The Labute approximate surface area is 201 Å². The minimum absolute atomic E-state index is 0.0391. The Hall–Kier alpha value is -2.26. The Morgan fingerprint density at radius 2 is 1.97 bits per heavy atom. The molecule has 2 N–H and O–H groups in total. The number of hydrogen-bond acceptors (Lipinski definition) is 6. The van der Waals surface area contributed by atoms with E-state index in [2.05, 4.69) is 15.1 Å². The fraction of sp³-hybridized carbons (Fsp3) is 0.368. The molecule has 1 amide bonds. The van der Waals surface area contributed by atoms with Gasteiger partial charge >= 0.3 is 6.30 Å². The fourth-order valence-electron chi connectivity index (χ4n) is 3.62. The van der Waals surface area contributed by atoms with E-state index in [1.165, 1.54) is 25.4 Å². The molecule has 1 aromatic carbocycles. The van der Waals surface area contributed by atoms with Gasteiger partial charge in [-0.1, -0.05) is 11.6 Å². The predicted molar refractivity (Wildman–Crippen MR) is 119 cm³/mol. The third-order valence-electron chi connectivity index (χ3n) is 5.46. The van der Waals surface area contributed by atoms with Crippen molar-refractivity contribution in [1.82, 2.24) is 14.0 Å². The van der Waals surface area contributed by atoms with Crippen LogP contribution in [0.4, 0.5) is 23.2 Å². The summed E-state index contributed by atoms with van der Waals surface area (Å²) in [5.74, 6) is -1.90. The largest absolute Gasteiger partial charge is 0.500 e. The van der Waals surface area contributed by atoms with Crippen molar-refractivity contribution in [2.45, 2.75) is 30.7 Å². The van der Waals surface area contributed by atoms with Crippen LogP contribution in [0.1, 0.15) is 28.1 Å². The first-order valence-electron chi connectivity index (χ1n) is 9.84. The number of carbonyl (C=O) groups is 1. The van der Waals surface area contributed by atoms with Gasteiger partial charge in [0.25, 0.3) is 10.2 Å². The first-order chi connectivity index (χ1) is 15.8. The van der Waals surface area contributed by atoms with Crippen LogP contribution in [0, 0.1) is 5.82 Å². The Balaban J connectivity index is 1.51. The molecule has 184 valence electrons. The van der Waals surface area contributed by atoms with Gasteiger partial charge in [0.05, 0.1) is 23.5 Å². The summed E-state index contributed by atoms with van der Waals surface area (Å²) in [6, 6.07) is 4.95. The number of amides is 1. The van der Waals surface area contributed by atoms with Crippen LogP contribution in [0.5, 0.6) is 0 Å². The SMILES string of the molecule is CN1[C@@H](C(=O)Nc2ccc(F)c(Cl)c2)C[C@@H](c2ccc(C3C=NN(C(F)(F)F)C3)s2)NS1(=O)=O. The quantitative estimate of drug-likeness (QED) is 0.458. The molecule has 0 saturated carbocycles. The smallest absolute Gasteiger partial charge is 0.325 e. The molecule has 15 heteroatoms. The van der Waals surface area contributed by atoms with Gasteiger partial charge in [0.2, 0.25) is 5.91 Å². The molecule has 1 fully saturated rings. The van der Waals surface area contributed by atoms with Gasteiger partial charge in [-0.05, 0) is 36.8 Å². The van der Waals surface area contributed by atoms with Crippen LogP contribution in [0.2, 0.25) is 5.02 Å². The van der Waals surface area contributed by atoms with Gasteiger partial charge in [-0.2, -0.15) is 22.5 Å². The van der Waals surface area contributed by atoms with Gasteiger partial charge in [0.15, 0.2) is 0 Å². The van der Waals surface area contributed by atoms with Gasteiger partial charge < -0.3 is 5.32 Å². The molecule has 0 bridgehead atoms. The Bertz CT molecular complexity index is 1240. The van der Waals surface area contributed by atoms with Crippen molar-refractivity contribution in [2.24, 2.45) is 5.10 Å². The van der Waals surface area contributed by atoms with E-state index in [0.29, 0.717) is 9.75 Å². The second-order valence-electron chi connectivity index (χ2n) is 7.72. The third-order valence-corrected chi connectivity index (χ3v) is 8.68. The Morgan fingerprint density at radius 1 is 1.26 bits per heavy atom. The van der Waals surface area contributed by atoms with Crippen molar-refractivity contribution in [3.05, 3.63) is 50.9 Å². The number of nitrogens with one attached hydrogen (secondary N) is 2. The highest BCUT2D eigenvalue weighted by atomic mass is 35.5. The molecule has 0 spiro atoms. The first kappa shape index (κ1) is 24.9. The number of benzene rings is 1. The van der Waals surface area contributed by atoms with Crippen LogP contribution in [0.15, 0.2) is 35.4 Å². The van der Waals surface area contributed by atoms with Crippen LogP contribution < -0.4 is 10.0 Å². The third kappa shape index (κ3) is 5.05. The summed E-state index contributed by atoms with van der Waals surface area (Å²) in [4.78, 5) is 14.0. The predicted octanol–water partition coefficient (Wildman–Crippen LogP) is 3.66. The summed E-state index contributed by atoms with van der Waals surface area (Å²) in [5, 5.41) is 5.77. The molecule has 8 nitrogen and oxygen atoms in total. The maximum absolute atomic E-state index is 13.4. The van der Waals surface area contributed by atoms with Gasteiger partial charge in [-0.25, -0.2) is 9.40 Å². The zero-order chi connectivity index (χ0) is 24.8. The second-order valence-corrected chi connectivity index (χ2v) is 11.0. The van der Waals surface area contributed by atoms with E-state index in [1.54, 1.807) is 12.1 Å². The zero-order valence-corrected chi connectivity index (χ0v) is 19.8. The van der Waals surface area contributed by atoms with E-state index in [-0.39, 0.29) is 28.7 Å². The summed E-state index contributed by atoms with van der Waals surface area (Å²) < 4.78 is 80.7. The zero-order valence-electron chi connectivity index (χ0n) is 17.4. The molecule has 1 unspecified atom stereocenters. The van der Waals surface area contributed by atoms with E-state index >= 15 is 0 Å². The summed E-state index contributed by atoms with van der Waals surface area (Å²) in [7, 11) is -2.79. The molecule has 4 rings (SSSR count). The molecular weight excluding hydrogens is 522 g/mol. The van der Waals surface area contributed by atoms with Gasteiger partial charge in [-0.3, -0.25) is 4.79 Å². The Kier molecular flexibility index (Phi) is 6.63. The van der Waals surface area contributed by atoms with Gasteiger partial charge in [0, 0.05) is 28.7 Å². The summed E-state index contributed by atoms with van der Waals surface area (Å²) in [6.45, 7) is -0.367. The van der Waals surface area contributed by atoms with E-state index in [1.807, 2.05) is 0 Å². The van der Waals surface area contributed by atoms with E-state index in [4.69, 9.17) is 11.6 Å². The lowest BCUT2D eigenvalue weighted by Gasteiger charge is -2.35. The van der Waals surface area contributed by atoms with Crippen molar-refractivity contribution < 1.29 is 30.8 Å². The molecule has 1 aromatic heterocycles. The molecule has 2 aromatic rings. The topological polar surface area (TPSA) is 94.1 Å². The number of alkyl halides is 3. The van der Waals surface area contributed by atoms with E-state index in [0.717, 1.165) is 21.7 Å². The number of anilines is 1. The highest BCUT2D eigenvalue weighted by Crippen LogP contribution is 2.37. The van der Waals surface area contributed by atoms with E-state index < -0.39 is 46.2 Å². The van der Waals surface area contributed by atoms with Crippen molar-refractivity contribution in [1.29, 1.82) is 0 Å². The second kappa shape index (κ2) is 9.07. The number of nitrogens with zero attached hydrogens (tertiary/aromatic N) is 3. The summed E-state index contributed by atoms with van der Waals surface area (Å²) in [6.07, 6.45) is -3.32. The van der Waals surface area contributed by atoms with Crippen LogP contribution in [-0.4, -0.2) is 55.8 Å². The fourth-order valence-corrected chi connectivity index (χ4v) is 6.27. The monoisotopic (exact) mass is 539 g/mol. The number of likely N-dealkylation sites (N-methyl/N-ethyl adjacent to an activating group) is 1. The average molecular weight is 540 g/mol. The van der Waals surface area contributed by atoms with Gasteiger partial charge in [0.1, 0.15) is 11.9 Å². The molecule has 34 heavy (non-hydrogen) atoms. The molecule has 0 aliphatic carbocycles. The number of rotatable bonds is 4. The Morgan fingerprint density at radius 3 is 2.62 bits per heavy atom. The van der Waals surface area contributed by atoms with Crippen molar-refractivity contribution >= 4 is 51.0 Å². The minimum Gasteiger partial charge on any atom is -0.325 e. The number of thiophene rings is 1. The molecule has 1 saturated heterocycles. The van der Waals surface area contributed by atoms with Crippen molar-refractivity contribution in [2.75, 3.05) is 18.9 Å². The van der Waals surface area contributed by atoms with Crippen LogP contribution >= 0.6 is 22.9 Å². The number of hydrazone groups is 1. The van der Waals surface area contributed by atoms with Crippen molar-refractivity contribution in [3.8, 4) is 0 Å². The molecule has 3 atom stereocenters. The number of halogens is 5. The number of hydrogen-bond donors (Lipinski definition) is 2. The molecule has 3 heterocycles. The standard InChI is InChI=1S/C19H18ClF4N5O3S2/c1-28-15(18(30)26-11-2-3-13(21)12(20)6-11)7-14(27-34(28,31)32)17-5-4-16(33-17)10-8-25-29(9-10)19(22,23)24/h2-6,8,10,14-15,27H,7,9H2,1H3,(H,26,30)/t10?,14-,15+/m0/s1. The summed E-state index contributed by atoms with van der Waals surface area (Å²) in [5.41, 5.74) is 0.199. The van der Waals surface area contributed by atoms with E-state index in [9.17, 15) is 30.8 Å². The van der Waals surface area contributed by atoms with Crippen molar-refractivity contribution in [3.63, 3.8) is 0 Å².